The minimum Gasteiger partial charge on any atom is -0.493 e. The van der Waals surface area contributed by atoms with Crippen molar-refractivity contribution in [1.29, 1.82) is 0 Å². The number of carbonyl (C=O) groups excluding carboxylic acids is 1. The molecular weight excluding hydrogens is 269 g/mol. The Morgan fingerprint density at radius 1 is 1.19 bits per heavy atom. The molecule has 0 saturated carbocycles. The van der Waals surface area contributed by atoms with Gasteiger partial charge < -0.3 is 10.5 Å². The van der Waals surface area contributed by atoms with Gasteiger partial charge in [-0.05, 0) is 41.8 Å². The predicted octanol–water partition coefficient (Wildman–Crippen LogP) is 3.77. The van der Waals surface area contributed by atoms with E-state index in [1.807, 2.05) is 0 Å². The summed E-state index contributed by atoms with van der Waals surface area (Å²) in [5.74, 6) is -0.390. The summed E-state index contributed by atoms with van der Waals surface area (Å²) in [6.45, 7) is 2.62. The molecule has 0 bridgehead atoms. The maximum atomic E-state index is 13.7. The zero-order valence-corrected chi connectivity index (χ0v) is 11.9. The molecule has 0 radical (unpaired) electrons. The van der Waals surface area contributed by atoms with Gasteiger partial charge in [-0.2, -0.15) is 0 Å². The van der Waals surface area contributed by atoms with Gasteiger partial charge in [0.15, 0.2) is 0 Å². The molecule has 0 saturated heterocycles. The Hall–Kier alpha value is -2.36. The Labute approximate surface area is 123 Å². The van der Waals surface area contributed by atoms with Crippen LogP contribution in [0.5, 0.6) is 5.75 Å². The van der Waals surface area contributed by atoms with Gasteiger partial charge in [-0.15, -0.1) is 0 Å². The van der Waals surface area contributed by atoms with Gasteiger partial charge in [0.1, 0.15) is 11.6 Å². The van der Waals surface area contributed by atoms with E-state index in [1.165, 1.54) is 12.1 Å². The third kappa shape index (κ3) is 4.05. The third-order valence-corrected chi connectivity index (χ3v) is 3.12. The number of hydrogen-bond donors (Lipinski definition) is 1. The van der Waals surface area contributed by atoms with Crippen LogP contribution in [0, 0.1) is 5.82 Å². The molecule has 2 rings (SSSR count). The second kappa shape index (κ2) is 6.88. The van der Waals surface area contributed by atoms with E-state index in [9.17, 15) is 9.18 Å². The largest absolute Gasteiger partial charge is 0.493 e. The van der Waals surface area contributed by atoms with Crippen LogP contribution in [-0.2, 0) is 0 Å². The van der Waals surface area contributed by atoms with Crippen molar-refractivity contribution in [3.05, 3.63) is 53.8 Å². The number of benzene rings is 2. The summed E-state index contributed by atoms with van der Waals surface area (Å²) in [6, 6.07) is 11.3. The number of halogens is 1. The normalized spacial score (nSPS) is 10.4. The number of unbranched alkanes of at least 4 members (excludes halogenated alkanes) is 1. The van der Waals surface area contributed by atoms with Gasteiger partial charge in [0, 0.05) is 11.6 Å². The molecular formula is C17H18FNO2. The molecule has 0 aliphatic rings. The van der Waals surface area contributed by atoms with Crippen LogP contribution in [0.25, 0.3) is 11.1 Å². The standard InChI is InChI=1S/C17H18FNO2/c1-2-3-7-21-16-10-14(9-15(18)11-16)12-5-4-6-13(8-12)17(19)20/h4-6,8-11H,2-3,7H2,1H3,(H2,19,20). The minimum absolute atomic E-state index is 0.372. The van der Waals surface area contributed by atoms with E-state index in [-0.39, 0.29) is 5.82 Å². The molecule has 0 unspecified atom stereocenters. The Morgan fingerprint density at radius 3 is 2.71 bits per heavy atom. The van der Waals surface area contributed by atoms with E-state index in [0.717, 1.165) is 18.4 Å². The lowest BCUT2D eigenvalue weighted by atomic mass is 10.0. The van der Waals surface area contributed by atoms with Gasteiger partial charge in [0.05, 0.1) is 6.61 Å². The highest BCUT2D eigenvalue weighted by atomic mass is 19.1. The summed E-state index contributed by atoms with van der Waals surface area (Å²) in [7, 11) is 0. The quantitative estimate of drug-likeness (QED) is 0.822. The van der Waals surface area contributed by atoms with Gasteiger partial charge in [-0.25, -0.2) is 4.39 Å². The summed E-state index contributed by atoms with van der Waals surface area (Å²) < 4.78 is 19.2. The lowest BCUT2D eigenvalue weighted by Gasteiger charge is -2.09. The zero-order chi connectivity index (χ0) is 15.2. The van der Waals surface area contributed by atoms with E-state index < -0.39 is 5.91 Å². The second-order valence-corrected chi connectivity index (χ2v) is 4.82. The van der Waals surface area contributed by atoms with Crippen molar-refractivity contribution in [2.75, 3.05) is 6.61 Å². The van der Waals surface area contributed by atoms with Crippen molar-refractivity contribution in [3.63, 3.8) is 0 Å². The Morgan fingerprint density at radius 2 is 2.00 bits per heavy atom. The van der Waals surface area contributed by atoms with Crippen LogP contribution in [0.2, 0.25) is 0 Å². The van der Waals surface area contributed by atoms with Gasteiger partial charge in [-0.1, -0.05) is 25.5 Å². The lowest BCUT2D eigenvalue weighted by molar-refractivity contribution is 0.100. The number of carbonyl (C=O) groups is 1. The molecule has 1 amide bonds. The zero-order valence-electron chi connectivity index (χ0n) is 11.9. The Balaban J connectivity index is 2.30. The van der Waals surface area contributed by atoms with E-state index in [4.69, 9.17) is 10.5 Å². The fourth-order valence-electron chi connectivity index (χ4n) is 2.00. The number of hydrogen-bond acceptors (Lipinski definition) is 2. The van der Waals surface area contributed by atoms with Crippen LogP contribution in [0.1, 0.15) is 30.1 Å². The fourth-order valence-corrected chi connectivity index (χ4v) is 2.00. The van der Waals surface area contributed by atoms with E-state index >= 15 is 0 Å². The first kappa shape index (κ1) is 15.0. The number of rotatable bonds is 6. The van der Waals surface area contributed by atoms with Gasteiger partial charge >= 0.3 is 0 Å². The molecule has 0 heterocycles. The SMILES string of the molecule is CCCCOc1cc(F)cc(-c2cccc(C(N)=O)c2)c1. The first-order valence-electron chi connectivity index (χ1n) is 6.94. The molecule has 4 heteroatoms. The minimum atomic E-state index is -0.507. The number of amides is 1. The summed E-state index contributed by atoms with van der Waals surface area (Å²) >= 11 is 0. The number of primary amides is 1. The topological polar surface area (TPSA) is 52.3 Å². The molecule has 0 fully saturated rings. The smallest absolute Gasteiger partial charge is 0.248 e. The van der Waals surface area contributed by atoms with Crippen molar-refractivity contribution in [1.82, 2.24) is 0 Å². The molecule has 3 nitrogen and oxygen atoms in total. The Bertz CT molecular complexity index is 640. The van der Waals surface area contributed by atoms with Crippen LogP contribution in [0.15, 0.2) is 42.5 Å². The lowest BCUT2D eigenvalue weighted by Crippen LogP contribution is -2.10. The molecule has 110 valence electrons. The van der Waals surface area contributed by atoms with Crippen molar-refractivity contribution in [3.8, 4) is 16.9 Å². The Kier molecular flexibility index (Phi) is 4.93. The first-order valence-corrected chi connectivity index (χ1v) is 6.94. The van der Waals surface area contributed by atoms with Gasteiger partial charge in [0.25, 0.3) is 0 Å². The maximum absolute atomic E-state index is 13.7. The number of ether oxygens (including phenoxy) is 1. The van der Waals surface area contributed by atoms with Gasteiger partial charge in [0.2, 0.25) is 5.91 Å². The molecule has 0 aliphatic heterocycles. The van der Waals surface area contributed by atoms with E-state index in [1.54, 1.807) is 30.3 Å². The molecule has 2 aromatic carbocycles. The van der Waals surface area contributed by atoms with Crippen LogP contribution >= 0.6 is 0 Å². The second-order valence-electron chi connectivity index (χ2n) is 4.82. The maximum Gasteiger partial charge on any atom is 0.248 e. The van der Waals surface area contributed by atoms with Crippen molar-refractivity contribution in [2.24, 2.45) is 5.73 Å². The molecule has 0 atom stereocenters. The van der Waals surface area contributed by atoms with Crippen LogP contribution in [-0.4, -0.2) is 12.5 Å². The average molecular weight is 287 g/mol. The monoisotopic (exact) mass is 287 g/mol. The van der Waals surface area contributed by atoms with Crippen LogP contribution in [0.4, 0.5) is 4.39 Å². The van der Waals surface area contributed by atoms with Crippen molar-refractivity contribution >= 4 is 5.91 Å². The summed E-state index contributed by atoms with van der Waals surface area (Å²) in [6.07, 6.45) is 1.94. The molecule has 2 N–H and O–H groups in total. The predicted molar refractivity (Wildman–Crippen MR) is 80.8 cm³/mol. The summed E-state index contributed by atoms with van der Waals surface area (Å²) in [5, 5.41) is 0. The number of nitrogens with two attached hydrogens (primary N) is 1. The van der Waals surface area contributed by atoms with Crippen LogP contribution < -0.4 is 10.5 Å². The summed E-state index contributed by atoms with van der Waals surface area (Å²) in [4.78, 5) is 11.2. The third-order valence-electron chi connectivity index (χ3n) is 3.12. The first-order chi connectivity index (χ1) is 10.1. The highest BCUT2D eigenvalue weighted by Crippen LogP contribution is 2.26. The highest BCUT2D eigenvalue weighted by Gasteiger charge is 2.07. The van der Waals surface area contributed by atoms with E-state index in [0.29, 0.717) is 23.5 Å². The van der Waals surface area contributed by atoms with Gasteiger partial charge in [-0.3, -0.25) is 4.79 Å². The highest BCUT2D eigenvalue weighted by molar-refractivity contribution is 5.94. The van der Waals surface area contributed by atoms with Crippen molar-refractivity contribution in [2.45, 2.75) is 19.8 Å². The van der Waals surface area contributed by atoms with E-state index in [2.05, 4.69) is 6.92 Å². The van der Waals surface area contributed by atoms with Crippen LogP contribution in [0.3, 0.4) is 0 Å². The molecule has 0 spiro atoms. The van der Waals surface area contributed by atoms with Crippen molar-refractivity contribution < 1.29 is 13.9 Å². The molecule has 0 aromatic heterocycles. The summed E-state index contributed by atoms with van der Waals surface area (Å²) in [5.41, 5.74) is 7.04. The fraction of sp³-hybridized carbons (Fsp3) is 0.235. The molecule has 21 heavy (non-hydrogen) atoms. The molecule has 0 aliphatic carbocycles. The average Bonchev–Trinajstić information content (AvgIpc) is 2.47. The molecule has 2 aromatic rings.